The van der Waals surface area contributed by atoms with Gasteiger partial charge < -0.3 is 10.6 Å². The summed E-state index contributed by atoms with van der Waals surface area (Å²) in [7, 11) is 0. The zero-order valence-electron chi connectivity index (χ0n) is 8.81. The molecule has 3 N–H and O–H groups in total. The van der Waals surface area contributed by atoms with Gasteiger partial charge in [0.05, 0.1) is 6.04 Å². The number of hydrogen-bond donors (Lipinski definition) is 3. The molecule has 6 heteroatoms. The molecule has 4 amide bonds. The van der Waals surface area contributed by atoms with Crippen LogP contribution in [0.5, 0.6) is 0 Å². The van der Waals surface area contributed by atoms with Gasteiger partial charge in [-0.1, -0.05) is 30.3 Å². The van der Waals surface area contributed by atoms with Crippen LogP contribution in [-0.2, 0) is 0 Å². The molecule has 2 unspecified atom stereocenters. The van der Waals surface area contributed by atoms with Crippen molar-refractivity contribution in [1.82, 2.24) is 16.0 Å². The zero-order valence-corrected chi connectivity index (χ0v) is 8.81. The molecular formula is C11H10N4O2. The summed E-state index contributed by atoms with van der Waals surface area (Å²) in [4.78, 5) is 26.4. The Morgan fingerprint density at radius 3 is 2.53 bits per heavy atom. The first kappa shape index (κ1) is 9.83. The molecule has 2 aliphatic heterocycles. The maximum absolute atomic E-state index is 11.4. The summed E-state index contributed by atoms with van der Waals surface area (Å²) in [5.41, 5.74) is 0.933. The highest BCUT2D eigenvalue weighted by Crippen LogP contribution is 2.22. The fraction of sp³-hybridized carbons (Fsp3) is 0.182. The Labute approximate surface area is 97.1 Å². The van der Waals surface area contributed by atoms with Crippen molar-refractivity contribution in [3.8, 4) is 0 Å². The van der Waals surface area contributed by atoms with E-state index in [9.17, 15) is 9.59 Å². The Morgan fingerprint density at radius 1 is 1.00 bits per heavy atom. The first-order valence-corrected chi connectivity index (χ1v) is 5.25. The molecule has 86 valence electrons. The van der Waals surface area contributed by atoms with E-state index in [0.717, 1.165) is 5.56 Å². The molecule has 0 spiro atoms. The van der Waals surface area contributed by atoms with E-state index < -0.39 is 6.03 Å². The Bertz CT molecular complexity index is 511. The van der Waals surface area contributed by atoms with Crippen molar-refractivity contribution in [2.45, 2.75) is 12.1 Å². The molecule has 1 saturated heterocycles. The van der Waals surface area contributed by atoms with Crippen LogP contribution in [0.15, 0.2) is 35.3 Å². The van der Waals surface area contributed by atoms with E-state index in [1.54, 1.807) is 0 Å². The third kappa shape index (κ3) is 1.63. The minimum atomic E-state index is -0.436. The van der Waals surface area contributed by atoms with Crippen molar-refractivity contribution in [2.24, 2.45) is 4.99 Å². The average molecular weight is 230 g/mol. The minimum Gasteiger partial charge on any atom is -0.327 e. The lowest BCUT2D eigenvalue weighted by Crippen LogP contribution is -2.48. The van der Waals surface area contributed by atoms with Crippen LogP contribution >= 0.6 is 0 Å². The van der Waals surface area contributed by atoms with Crippen molar-refractivity contribution in [2.75, 3.05) is 0 Å². The number of amidine groups is 1. The van der Waals surface area contributed by atoms with E-state index in [2.05, 4.69) is 20.9 Å². The molecule has 2 heterocycles. The van der Waals surface area contributed by atoms with Gasteiger partial charge >= 0.3 is 12.1 Å². The van der Waals surface area contributed by atoms with Crippen LogP contribution in [0.2, 0.25) is 0 Å². The molecule has 0 bridgehead atoms. The fourth-order valence-electron chi connectivity index (χ4n) is 2.07. The van der Waals surface area contributed by atoms with Crippen molar-refractivity contribution in [1.29, 1.82) is 0 Å². The number of benzene rings is 1. The van der Waals surface area contributed by atoms with E-state index in [0.29, 0.717) is 5.84 Å². The van der Waals surface area contributed by atoms with Gasteiger partial charge in [0.1, 0.15) is 11.9 Å². The van der Waals surface area contributed by atoms with Gasteiger partial charge in [0, 0.05) is 0 Å². The summed E-state index contributed by atoms with van der Waals surface area (Å²) < 4.78 is 0. The summed E-state index contributed by atoms with van der Waals surface area (Å²) in [6.07, 6.45) is 0. The Morgan fingerprint density at radius 2 is 1.76 bits per heavy atom. The van der Waals surface area contributed by atoms with Gasteiger partial charge in [-0.05, 0) is 5.56 Å². The molecule has 0 aliphatic carbocycles. The number of fused-ring (bicyclic) bond motifs is 1. The van der Waals surface area contributed by atoms with Gasteiger partial charge in [-0.3, -0.25) is 5.32 Å². The summed E-state index contributed by atoms with van der Waals surface area (Å²) in [5.74, 6) is 0.382. The third-order valence-corrected chi connectivity index (χ3v) is 2.82. The lowest BCUT2D eigenvalue weighted by Gasteiger charge is -2.27. The number of nitrogens with zero attached hydrogens (tertiary/aromatic N) is 1. The van der Waals surface area contributed by atoms with Gasteiger partial charge in [0.25, 0.3) is 0 Å². The molecule has 17 heavy (non-hydrogen) atoms. The van der Waals surface area contributed by atoms with Crippen LogP contribution in [0, 0.1) is 0 Å². The number of urea groups is 2. The minimum absolute atomic E-state index is 0.282. The molecule has 1 fully saturated rings. The molecule has 1 aromatic rings. The molecular weight excluding hydrogens is 220 g/mol. The quantitative estimate of drug-likeness (QED) is 0.657. The first-order valence-electron chi connectivity index (χ1n) is 5.25. The van der Waals surface area contributed by atoms with Crippen molar-refractivity contribution < 1.29 is 9.59 Å². The Balaban J connectivity index is 1.99. The SMILES string of the molecule is O=C1N=C2NC(=O)NC2C(c2ccccc2)N1. The van der Waals surface area contributed by atoms with E-state index >= 15 is 0 Å². The number of rotatable bonds is 1. The van der Waals surface area contributed by atoms with Crippen LogP contribution < -0.4 is 16.0 Å². The molecule has 2 atom stereocenters. The highest BCUT2D eigenvalue weighted by atomic mass is 16.2. The number of aliphatic imine (C=N–C) groups is 1. The van der Waals surface area contributed by atoms with Gasteiger partial charge in [-0.15, -0.1) is 0 Å². The Hall–Kier alpha value is -2.37. The first-order chi connectivity index (χ1) is 8.24. The predicted molar refractivity (Wildman–Crippen MR) is 60.6 cm³/mol. The smallest absolute Gasteiger partial charge is 0.327 e. The van der Waals surface area contributed by atoms with Crippen LogP contribution in [0.3, 0.4) is 0 Å². The average Bonchev–Trinajstić information content (AvgIpc) is 2.69. The topological polar surface area (TPSA) is 82.6 Å². The van der Waals surface area contributed by atoms with E-state index in [-0.39, 0.29) is 18.1 Å². The number of carbonyl (C=O) groups is 2. The van der Waals surface area contributed by atoms with Gasteiger partial charge in [0.15, 0.2) is 0 Å². The number of hydrogen-bond acceptors (Lipinski definition) is 2. The van der Waals surface area contributed by atoms with Crippen molar-refractivity contribution >= 4 is 17.9 Å². The van der Waals surface area contributed by atoms with E-state index in [1.165, 1.54) is 0 Å². The third-order valence-electron chi connectivity index (χ3n) is 2.82. The van der Waals surface area contributed by atoms with Crippen molar-refractivity contribution in [3.05, 3.63) is 35.9 Å². The van der Waals surface area contributed by atoms with Crippen LogP contribution in [0.1, 0.15) is 11.6 Å². The zero-order chi connectivity index (χ0) is 11.8. The molecule has 0 aromatic heterocycles. The summed E-state index contributed by atoms with van der Waals surface area (Å²) in [6, 6.07) is 8.11. The molecule has 3 rings (SSSR count). The number of amides is 4. The standard InChI is InChI=1S/C11H10N4O2/c16-10-12-7(6-4-2-1-3-5-6)8-9(14-10)15-11(17)13-8/h1-5,7-8H,(H3,12,13,14,15,16,17). The maximum atomic E-state index is 11.4. The molecule has 1 aromatic carbocycles. The molecule has 0 saturated carbocycles. The van der Waals surface area contributed by atoms with Crippen LogP contribution in [0.4, 0.5) is 9.59 Å². The second kappa shape index (κ2) is 3.58. The van der Waals surface area contributed by atoms with Gasteiger partial charge in [-0.25, -0.2) is 9.59 Å². The van der Waals surface area contributed by atoms with Crippen LogP contribution in [-0.4, -0.2) is 23.9 Å². The fourth-order valence-corrected chi connectivity index (χ4v) is 2.07. The summed E-state index contributed by atoms with van der Waals surface area (Å²) >= 11 is 0. The highest BCUT2D eigenvalue weighted by molar-refractivity contribution is 6.12. The second-order valence-corrected chi connectivity index (χ2v) is 3.91. The highest BCUT2D eigenvalue weighted by Gasteiger charge is 2.39. The summed E-state index contributed by atoms with van der Waals surface area (Å²) in [5, 5.41) is 8.00. The molecule has 6 nitrogen and oxygen atoms in total. The number of nitrogens with one attached hydrogen (secondary N) is 3. The van der Waals surface area contributed by atoms with Crippen molar-refractivity contribution in [3.63, 3.8) is 0 Å². The van der Waals surface area contributed by atoms with E-state index in [4.69, 9.17) is 0 Å². The predicted octanol–water partition coefficient (Wildman–Crippen LogP) is 0.531. The largest absolute Gasteiger partial charge is 0.343 e. The normalized spacial score (nSPS) is 26.5. The van der Waals surface area contributed by atoms with Gasteiger partial charge in [0.2, 0.25) is 0 Å². The summed E-state index contributed by atoms with van der Waals surface area (Å²) in [6.45, 7) is 0. The van der Waals surface area contributed by atoms with E-state index in [1.807, 2.05) is 30.3 Å². The second-order valence-electron chi connectivity index (χ2n) is 3.91. The Kier molecular flexibility index (Phi) is 2.07. The van der Waals surface area contributed by atoms with Crippen LogP contribution in [0.25, 0.3) is 0 Å². The number of carbonyl (C=O) groups excluding carboxylic acids is 2. The lowest BCUT2D eigenvalue weighted by atomic mass is 9.98. The maximum Gasteiger partial charge on any atom is 0.343 e. The lowest BCUT2D eigenvalue weighted by molar-refractivity contribution is 0.239. The monoisotopic (exact) mass is 230 g/mol. The van der Waals surface area contributed by atoms with Gasteiger partial charge in [-0.2, -0.15) is 4.99 Å². The molecule has 2 aliphatic rings. The molecule has 0 radical (unpaired) electrons.